The number of ether oxygens (including phenoxy) is 1. The summed E-state index contributed by atoms with van der Waals surface area (Å²) in [5.74, 6) is -0.387. The molecule has 0 fully saturated rings. The van der Waals surface area contributed by atoms with E-state index in [-0.39, 0.29) is 37.0 Å². The second-order valence-corrected chi connectivity index (χ2v) is 7.79. The van der Waals surface area contributed by atoms with Crippen LogP contribution in [0.15, 0.2) is 27.8 Å². The van der Waals surface area contributed by atoms with Crippen molar-refractivity contribution in [1.29, 1.82) is 0 Å². The van der Waals surface area contributed by atoms with E-state index in [4.69, 9.17) is 33.7 Å². The number of aromatic nitrogens is 2. The number of H-pyrrole nitrogens is 1. The van der Waals surface area contributed by atoms with Gasteiger partial charge < -0.3 is 15.4 Å². The average molecular weight is 443 g/mol. The normalized spacial score (nSPS) is 11.1. The van der Waals surface area contributed by atoms with E-state index in [1.807, 2.05) is 13.8 Å². The fourth-order valence-corrected chi connectivity index (χ4v) is 3.33. The molecule has 3 N–H and O–H groups in total. The van der Waals surface area contributed by atoms with Crippen LogP contribution < -0.4 is 21.9 Å². The summed E-state index contributed by atoms with van der Waals surface area (Å²) in [6, 6.07) is 4.80. The zero-order valence-corrected chi connectivity index (χ0v) is 18.0. The summed E-state index contributed by atoms with van der Waals surface area (Å²) in [7, 11) is 1.48. The van der Waals surface area contributed by atoms with Gasteiger partial charge in [0.15, 0.2) is 5.69 Å². The van der Waals surface area contributed by atoms with Crippen LogP contribution in [0.25, 0.3) is 0 Å². The van der Waals surface area contributed by atoms with Gasteiger partial charge in [0.1, 0.15) is 5.82 Å². The molecular weight excluding hydrogens is 419 g/mol. The molecule has 0 bridgehead atoms. The first-order valence-corrected chi connectivity index (χ1v) is 9.77. The van der Waals surface area contributed by atoms with Gasteiger partial charge in [0, 0.05) is 30.2 Å². The van der Waals surface area contributed by atoms with Crippen molar-refractivity contribution in [3.8, 4) is 0 Å². The summed E-state index contributed by atoms with van der Waals surface area (Å²) in [6.45, 7) is 4.36. The molecule has 0 aliphatic carbocycles. The van der Waals surface area contributed by atoms with Crippen LogP contribution in [0, 0.1) is 5.92 Å². The highest BCUT2D eigenvalue weighted by Gasteiger charge is 2.25. The largest absolute Gasteiger partial charge is 0.383 e. The number of methoxy groups -OCH3 is 1. The number of hydrogen-bond acceptors (Lipinski definition) is 5. The summed E-state index contributed by atoms with van der Waals surface area (Å²) < 4.78 is 6.33. The highest BCUT2D eigenvalue weighted by molar-refractivity contribution is 6.35. The number of nitrogens with two attached hydrogens (primary N) is 1. The second-order valence-electron chi connectivity index (χ2n) is 6.95. The highest BCUT2D eigenvalue weighted by Crippen LogP contribution is 2.24. The number of amides is 1. The zero-order valence-electron chi connectivity index (χ0n) is 16.5. The van der Waals surface area contributed by atoms with Crippen molar-refractivity contribution in [2.75, 3.05) is 30.9 Å². The molecule has 29 heavy (non-hydrogen) atoms. The second kappa shape index (κ2) is 9.96. The van der Waals surface area contributed by atoms with Crippen molar-refractivity contribution >= 4 is 40.6 Å². The fourth-order valence-electron chi connectivity index (χ4n) is 2.85. The summed E-state index contributed by atoms with van der Waals surface area (Å²) in [5, 5.41) is 0.785. The summed E-state index contributed by atoms with van der Waals surface area (Å²) in [5.41, 5.74) is 5.26. The molecule has 1 aromatic heterocycles. The third kappa shape index (κ3) is 5.62. The quantitative estimate of drug-likeness (QED) is 0.651. The van der Waals surface area contributed by atoms with Crippen LogP contribution >= 0.6 is 23.2 Å². The lowest BCUT2D eigenvalue weighted by molar-refractivity contribution is -0.118. The number of nitrogens with one attached hydrogen (secondary N) is 1. The Bertz CT molecular complexity index is 1000. The van der Waals surface area contributed by atoms with Gasteiger partial charge in [-0.1, -0.05) is 43.1 Å². The van der Waals surface area contributed by atoms with Gasteiger partial charge in [-0.15, -0.1) is 0 Å². The van der Waals surface area contributed by atoms with Crippen molar-refractivity contribution in [3.05, 3.63) is 54.6 Å². The van der Waals surface area contributed by atoms with Crippen LogP contribution in [-0.4, -0.2) is 35.7 Å². The highest BCUT2D eigenvalue weighted by atomic mass is 35.5. The molecule has 0 atom stereocenters. The molecule has 0 aliphatic rings. The molecule has 0 spiro atoms. The Morgan fingerprint density at radius 3 is 2.59 bits per heavy atom. The van der Waals surface area contributed by atoms with Gasteiger partial charge in [-0.2, -0.15) is 0 Å². The van der Waals surface area contributed by atoms with Gasteiger partial charge in [-0.25, -0.2) is 4.79 Å². The minimum Gasteiger partial charge on any atom is -0.383 e. The molecule has 10 heteroatoms. The van der Waals surface area contributed by atoms with E-state index in [1.54, 1.807) is 12.1 Å². The van der Waals surface area contributed by atoms with E-state index < -0.39 is 17.2 Å². The molecule has 158 valence electrons. The van der Waals surface area contributed by atoms with Crippen LogP contribution in [0.3, 0.4) is 0 Å². The molecule has 2 aromatic rings. The monoisotopic (exact) mass is 442 g/mol. The Morgan fingerprint density at radius 1 is 1.31 bits per heavy atom. The number of aromatic amines is 1. The lowest BCUT2D eigenvalue weighted by atomic mass is 10.1. The Kier molecular flexibility index (Phi) is 7.89. The molecule has 0 saturated heterocycles. The fraction of sp³-hybridized carbons (Fsp3) is 0.421. The summed E-state index contributed by atoms with van der Waals surface area (Å²) >= 11 is 12.1. The first kappa shape index (κ1) is 23.0. The van der Waals surface area contributed by atoms with Gasteiger partial charge in [0.25, 0.3) is 5.56 Å². The summed E-state index contributed by atoms with van der Waals surface area (Å²) in [4.78, 5) is 41.3. The maximum Gasteiger partial charge on any atom is 0.330 e. The Balaban J connectivity index is 2.50. The van der Waals surface area contributed by atoms with Crippen LogP contribution in [0.2, 0.25) is 10.0 Å². The zero-order chi connectivity index (χ0) is 21.7. The topological polar surface area (TPSA) is 110 Å². The van der Waals surface area contributed by atoms with Crippen molar-refractivity contribution in [3.63, 3.8) is 0 Å². The number of rotatable bonds is 8. The minimum absolute atomic E-state index is 0.0703. The van der Waals surface area contributed by atoms with Gasteiger partial charge in [0.05, 0.1) is 13.0 Å². The number of carbonyl (C=O) groups is 1. The minimum atomic E-state index is -0.737. The van der Waals surface area contributed by atoms with Crippen molar-refractivity contribution < 1.29 is 9.53 Å². The number of nitrogen functional groups attached to an aromatic ring is 1. The number of carbonyl (C=O) groups excluding carboxylic acids is 1. The van der Waals surface area contributed by atoms with Crippen molar-refractivity contribution in [2.45, 2.75) is 26.8 Å². The van der Waals surface area contributed by atoms with E-state index in [0.717, 1.165) is 0 Å². The number of hydrogen-bond donors (Lipinski definition) is 2. The Labute approximate surface area is 178 Å². The first-order chi connectivity index (χ1) is 13.6. The first-order valence-electron chi connectivity index (χ1n) is 9.01. The molecular formula is C19H24Cl2N4O4. The number of halogens is 2. The third-order valence-electron chi connectivity index (χ3n) is 4.21. The van der Waals surface area contributed by atoms with Crippen LogP contribution in [0.1, 0.15) is 19.4 Å². The summed E-state index contributed by atoms with van der Waals surface area (Å²) in [6.07, 6.45) is -0.0814. The van der Waals surface area contributed by atoms with E-state index in [9.17, 15) is 14.4 Å². The molecule has 0 aliphatic heterocycles. The van der Waals surface area contributed by atoms with Gasteiger partial charge in [-0.3, -0.25) is 19.1 Å². The molecule has 0 saturated carbocycles. The van der Waals surface area contributed by atoms with Gasteiger partial charge >= 0.3 is 5.69 Å². The van der Waals surface area contributed by atoms with E-state index >= 15 is 0 Å². The van der Waals surface area contributed by atoms with Crippen molar-refractivity contribution in [1.82, 2.24) is 9.55 Å². The van der Waals surface area contributed by atoms with E-state index in [2.05, 4.69) is 4.98 Å². The maximum atomic E-state index is 13.1. The Morgan fingerprint density at radius 2 is 2.00 bits per heavy atom. The molecule has 8 nitrogen and oxygen atoms in total. The molecule has 0 unspecified atom stereocenters. The number of nitrogens with zero attached hydrogens (tertiary/aromatic N) is 2. The third-order valence-corrected chi connectivity index (χ3v) is 4.80. The molecule has 1 amide bonds. The maximum absolute atomic E-state index is 13.1. The lowest BCUT2D eigenvalue weighted by Gasteiger charge is -2.25. The molecule has 1 heterocycles. The SMILES string of the molecule is COCCN(C(=O)Cc1ccc(Cl)cc1Cl)c1c(N)n(CC(C)C)c(=O)[nH]c1=O. The van der Waals surface area contributed by atoms with Crippen molar-refractivity contribution in [2.24, 2.45) is 5.92 Å². The van der Waals surface area contributed by atoms with Gasteiger partial charge in [-0.05, 0) is 23.6 Å². The lowest BCUT2D eigenvalue weighted by Crippen LogP contribution is -2.43. The van der Waals surface area contributed by atoms with Crippen LogP contribution in [0.4, 0.5) is 11.5 Å². The Hall–Kier alpha value is -2.29. The standard InChI is InChI=1S/C19H24Cl2N4O4/c1-11(2)10-25-17(22)16(18(27)23-19(25)28)24(6-7-29-3)15(26)8-12-4-5-13(20)9-14(12)21/h4-5,9,11H,6-8,10,22H2,1-3H3,(H,23,27,28). The predicted octanol–water partition coefficient (Wildman–Crippen LogP) is 2.30. The molecule has 1 aromatic carbocycles. The number of anilines is 2. The average Bonchev–Trinajstić information content (AvgIpc) is 2.63. The van der Waals surface area contributed by atoms with Gasteiger partial charge in [0.2, 0.25) is 5.91 Å². The smallest absolute Gasteiger partial charge is 0.330 e. The molecule has 0 radical (unpaired) electrons. The van der Waals surface area contributed by atoms with Crippen LogP contribution in [0.5, 0.6) is 0 Å². The number of benzene rings is 1. The molecule has 2 rings (SSSR count). The van der Waals surface area contributed by atoms with Crippen LogP contribution in [-0.2, 0) is 22.5 Å². The predicted molar refractivity (Wildman–Crippen MR) is 115 cm³/mol. The van der Waals surface area contributed by atoms with E-state index in [0.29, 0.717) is 22.2 Å². The van der Waals surface area contributed by atoms with E-state index in [1.165, 1.54) is 22.6 Å².